The SMILES string of the molecule is CCOC(=O)c1ccc(-c2ccc(-c3nc4c(c(=O)[nH]c(=O)n4CC(C)C)n3CC(C)C)o2)cc1. The van der Waals surface area contributed by atoms with Gasteiger partial charge in [-0.2, -0.15) is 0 Å². The number of rotatable bonds is 8. The Morgan fingerprint density at radius 2 is 1.60 bits per heavy atom. The number of nitrogens with one attached hydrogen (secondary N) is 1. The van der Waals surface area contributed by atoms with Crippen LogP contribution in [0, 0.1) is 11.8 Å². The number of furan rings is 1. The lowest BCUT2D eigenvalue weighted by molar-refractivity contribution is 0.0526. The van der Waals surface area contributed by atoms with Gasteiger partial charge in [0, 0.05) is 18.7 Å². The number of imidazole rings is 1. The van der Waals surface area contributed by atoms with Crippen LogP contribution >= 0.6 is 0 Å². The minimum atomic E-state index is -0.473. The van der Waals surface area contributed by atoms with Gasteiger partial charge in [0.15, 0.2) is 22.7 Å². The number of benzene rings is 1. The summed E-state index contributed by atoms with van der Waals surface area (Å²) in [4.78, 5) is 44.5. The van der Waals surface area contributed by atoms with E-state index in [1.165, 1.54) is 4.57 Å². The Bertz CT molecular complexity index is 1470. The number of aromatic nitrogens is 4. The molecule has 0 aliphatic carbocycles. The Balaban J connectivity index is 1.82. The van der Waals surface area contributed by atoms with Gasteiger partial charge in [-0.15, -0.1) is 0 Å². The highest BCUT2D eigenvalue weighted by molar-refractivity contribution is 5.90. The van der Waals surface area contributed by atoms with Gasteiger partial charge in [-0.3, -0.25) is 14.3 Å². The zero-order chi connectivity index (χ0) is 25.3. The molecule has 0 aliphatic heterocycles. The van der Waals surface area contributed by atoms with Crippen LogP contribution in [0.2, 0.25) is 0 Å². The largest absolute Gasteiger partial charge is 0.462 e. The first-order chi connectivity index (χ1) is 16.7. The summed E-state index contributed by atoms with van der Waals surface area (Å²) in [7, 11) is 0. The fraction of sp³-hybridized carbons (Fsp3) is 0.385. The first kappa shape index (κ1) is 24.3. The van der Waals surface area contributed by atoms with E-state index < -0.39 is 11.2 Å². The van der Waals surface area contributed by atoms with Crippen molar-refractivity contribution in [2.24, 2.45) is 11.8 Å². The van der Waals surface area contributed by atoms with Gasteiger partial charge in [0.25, 0.3) is 5.56 Å². The Labute approximate surface area is 202 Å². The number of carbonyl (C=O) groups excluding carboxylic acids is 1. The quantitative estimate of drug-likeness (QED) is 0.378. The van der Waals surface area contributed by atoms with E-state index >= 15 is 0 Å². The van der Waals surface area contributed by atoms with Crippen molar-refractivity contribution in [1.29, 1.82) is 0 Å². The van der Waals surface area contributed by atoms with Gasteiger partial charge in [-0.05, 0) is 43.0 Å². The third kappa shape index (κ3) is 4.84. The van der Waals surface area contributed by atoms with Crippen molar-refractivity contribution in [2.45, 2.75) is 47.7 Å². The summed E-state index contributed by atoms with van der Waals surface area (Å²) >= 11 is 0. The molecule has 0 bridgehead atoms. The second-order valence-corrected chi connectivity index (χ2v) is 9.34. The topological polar surface area (TPSA) is 112 Å². The molecule has 184 valence electrons. The molecule has 1 aromatic carbocycles. The Morgan fingerprint density at radius 3 is 2.23 bits per heavy atom. The molecule has 0 fully saturated rings. The molecule has 3 heterocycles. The number of hydrogen-bond acceptors (Lipinski definition) is 6. The van der Waals surface area contributed by atoms with E-state index in [1.807, 2.05) is 38.3 Å². The summed E-state index contributed by atoms with van der Waals surface area (Å²) < 4.78 is 14.5. The highest BCUT2D eigenvalue weighted by Crippen LogP contribution is 2.30. The lowest BCUT2D eigenvalue weighted by atomic mass is 10.1. The van der Waals surface area contributed by atoms with Crippen molar-refractivity contribution in [3.63, 3.8) is 0 Å². The van der Waals surface area contributed by atoms with Crippen molar-refractivity contribution in [3.05, 3.63) is 62.8 Å². The normalized spacial score (nSPS) is 11.6. The molecule has 3 aromatic heterocycles. The molecule has 0 spiro atoms. The summed E-state index contributed by atoms with van der Waals surface area (Å²) in [5, 5.41) is 0. The molecule has 0 atom stereocenters. The number of ether oxygens (including phenoxy) is 1. The second kappa shape index (κ2) is 9.77. The van der Waals surface area contributed by atoms with Crippen LogP contribution in [0.15, 0.2) is 50.4 Å². The number of nitrogens with zero attached hydrogens (tertiary/aromatic N) is 3. The maximum atomic E-state index is 12.8. The third-order valence-corrected chi connectivity index (χ3v) is 5.49. The monoisotopic (exact) mass is 478 g/mol. The number of hydrogen-bond donors (Lipinski definition) is 1. The van der Waals surface area contributed by atoms with E-state index in [-0.39, 0.29) is 17.8 Å². The maximum Gasteiger partial charge on any atom is 0.338 e. The zero-order valence-corrected chi connectivity index (χ0v) is 20.6. The van der Waals surface area contributed by atoms with E-state index in [2.05, 4.69) is 4.98 Å². The average Bonchev–Trinajstić information content (AvgIpc) is 3.42. The van der Waals surface area contributed by atoms with E-state index in [0.717, 1.165) is 5.56 Å². The molecule has 0 saturated heterocycles. The van der Waals surface area contributed by atoms with Gasteiger partial charge < -0.3 is 13.7 Å². The summed E-state index contributed by atoms with van der Waals surface area (Å²) in [5.41, 5.74) is 1.00. The van der Waals surface area contributed by atoms with Crippen LogP contribution < -0.4 is 11.2 Å². The van der Waals surface area contributed by atoms with Crippen LogP contribution in [-0.4, -0.2) is 31.7 Å². The molecular weight excluding hydrogens is 448 g/mol. The standard InChI is InChI=1S/C26H30N4O5/c1-6-34-25(32)18-9-7-17(8-10-18)19-11-12-20(35-19)22-27-23-21(29(22)13-15(2)3)24(31)28-26(33)30(23)14-16(4)5/h7-12,15-16H,6,13-14H2,1-5H3,(H,28,31,33). The van der Waals surface area contributed by atoms with Crippen molar-refractivity contribution in [1.82, 2.24) is 19.1 Å². The Kier molecular flexibility index (Phi) is 6.77. The van der Waals surface area contributed by atoms with Gasteiger partial charge in [0.2, 0.25) is 0 Å². The van der Waals surface area contributed by atoms with E-state index in [0.29, 0.717) is 53.8 Å². The lowest BCUT2D eigenvalue weighted by Gasteiger charge is -2.11. The number of esters is 1. The van der Waals surface area contributed by atoms with Crippen molar-refractivity contribution >= 4 is 17.1 Å². The number of H-pyrrole nitrogens is 1. The number of carbonyl (C=O) groups is 1. The van der Waals surface area contributed by atoms with Crippen molar-refractivity contribution in [2.75, 3.05) is 6.61 Å². The van der Waals surface area contributed by atoms with Crippen LogP contribution in [0.4, 0.5) is 0 Å². The predicted octanol–water partition coefficient (Wildman–Crippen LogP) is 4.30. The van der Waals surface area contributed by atoms with Gasteiger partial charge in [-0.1, -0.05) is 39.8 Å². The number of fused-ring (bicyclic) bond motifs is 1. The average molecular weight is 479 g/mol. The zero-order valence-electron chi connectivity index (χ0n) is 20.6. The predicted molar refractivity (Wildman–Crippen MR) is 133 cm³/mol. The number of aromatic amines is 1. The fourth-order valence-corrected chi connectivity index (χ4v) is 4.04. The summed E-state index contributed by atoms with van der Waals surface area (Å²) in [6.45, 7) is 11.1. The summed E-state index contributed by atoms with van der Waals surface area (Å²) in [5.74, 6) is 1.59. The smallest absolute Gasteiger partial charge is 0.338 e. The van der Waals surface area contributed by atoms with Crippen LogP contribution in [0.3, 0.4) is 0 Å². The Morgan fingerprint density at radius 1 is 0.971 bits per heavy atom. The first-order valence-corrected chi connectivity index (χ1v) is 11.8. The second-order valence-electron chi connectivity index (χ2n) is 9.34. The highest BCUT2D eigenvalue weighted by Gasteiger charge is 2.22. The fourth-order valence-electron chi connectivity index (χ4n) is 4.04. The minimum absolute atomic E-state index is 0.188. The minimum Gasteiger partial charge on any atom is -0.462 e. The van der Waals surface area contributed by atoms with Crippen LogP contribution in [0.1, 0.15) is 45.0 Å². The van der Waals surface area contributed by atoms with Gasteiger partial charge >= 0.3 is 11.7 Å². The molecule has 4 aromatic rings. The van der Waals surface area contributed by atoms with E-state index in [9.17, 15) is 14.4 Å². The summed E-state index contributed by atoms with van der Waals surface area (Å²) in [6.07, 6.45) is 0. The van der Waals surface area contributed by atoms with Crippen molar-refractivity contribution < 1.29 is 13.9 Å². The molecule has 0 unspecified atom stereocenters. The van der Waals surface area contributed by atoms with E-state index in [4.69, 9.17) is 14.1 Å². The van der Waals surface area contributed by atoms with Crippen LogP contribution in [0.25, 0.3) is 34.1 Å². The molecule has 0 radical (unpaired) electrons. The first-order valence-electron chi connectivity index (χ1n) is 11.8. The molecule has 0 aliphatic rings. The molecule has 35 heavy (non-hydrogen) atoms. The molecule has 9 heteroatoms. The maximum absolute atomic E-state index is 12.8. The summed E-state index contributed by atoms with van der Waals surface area (Å²) in [6, 6.07) is 10.6. The molecule has 0 amide bonds. The highest BCUT2D eigenvalue weighted by atomic mass is 16.5. The lowest BCUT2D eigenvalue weighted by Crippen LogP contribution is -2.32. The van der Waals surface area contributed by atoms with Crippen molar-refractivity contribution in [3.8, 4) is 22.9 Å². The molecule has 1 N–H and O–H groups in total. The van der Waals surface area contributed by atoms with Crippen LogP contribution in [-0.2, 0) is 17.8 Å². The molecular formula is C26H30N4O5. The third-order valence-electron chi connectivity index (χ3n) is 5.49. The van der Waals surface area contributed by atoms with Crippen LogP contribution in [0.5, 0.6) is 0 Å². The Hall–Kier alpha value is -3.88. The van der Waals surface area contributed by atoms with E-state index in [1.54, 1.807) is 37.3 Å². The van der Waals surface area contributed by atoms with Gasteiger partial charge in [-0.25, -0.2) is 14.6 Å². The molecule has 0 saturated carbocycles. The van der Waals surface area contributed by atoms with Gasteiger partial charge in [0.05, 0.1) is 12.2 Å². The molecule has 9 nitrogen and oxygen atoms in total. The van der Waals surface area contributed by atoms with Gasteiger partial charge in [0.1, 0.15) is 5.76 Å². The molecule has 4 rings (SSSR count).